The molecule has 0 spiro atoms. The standard InChI is InChI=1S/C28H29NO4/c1-32-28(31)22-16-14-20(15-17-22)18-23(27(30)29-24-10-3-2-4-11-24)19-33-26-13-7-9-21-8-5-6-12-25(21)26/h5-9,12-18,24H,2-4,10-11,19H2,1H3,(H,29,30). The number of amides is 1. The third kappa shape index (κ3) is 5.80. The van der Waals surface area contributed by atoms with E-state index in [1.165, 1.54) is 13.5 Å². The van der Waals surface area contributed by atoms with Gasteiger partial charge in [-0.1, -0.05) is 67.8 Å². The Labute approximate surface area is 194 Å². The van der Waals surface area contributed by atoms with Crippen LogP contribution in [-0.4, -0.2) is 31.6 Å². The number of methoxy groups -OCH3 is 1. The summed E-state index contributed by atoms with van der Waals surface area (Å²) in [6.07, 6.45) is 7.36. The minimum absolute atomic E-state index is 0.112. The Morgan fingerprint density at radius 1 is 0.939 bits per heavy atom. The molecule has 0 aromatic heterocycles. The molecule has 3 aromatic carbocycles. The van der Waals surface area contributed by atoms with Crippen LogP contribution >= 0.6 is 0 Å². The van der Waals surface area contributed by atoms with Crippen molar-refractivity contribution in [3.05, 3.63) is 83.4 Å². The zero-order valence-corrected chi connectivity index (χ0v) is 18.9. The van der Waals surface area contributed by atoms with Gasteiger partial charge in [0.15, 0.2) is 0 Å². The first-order chi connectivity index (χ1) is 16.1. The van der Waals surface area contributed by atoms with Crippen LogP contribution in [0.1, 0.15) is 48.0 Å². The van der Waals surface area contributed by atoms with Crippen LogP contribution in [0.25, 0.3) is 16.8 Å². The Balaban J connectivity index is 1.56. The molecule has 5 nitrogen and oxygen atoms in total. The fourth-order valence-corrected chi connectivity index (χ4v) is 4.21. The molecule has 4 rings (SSSR count). The monoisotopic (exact) mass is 443 g/mol. The van der Waals surface area contributed by atoms with Crippen LogP contribution in [0.2, 0.25) is 0 Å². The first kappa shape index (κ1) is 22.6. The second kappa shape index (κ2) is 10.8. The van der Waals surface area contributed by atoms with Gasteiger partial charge in [-0.15, -0.1) is 0 Å². The van der Waals surface area contributed by atoms with Gasteiger partial charge >= 0.3 is 5.97 Å². The molecule has 3 aromatic rings. The molecule has 0 heterocycles. The van der Waals surface area contributed by atoms with Gasteiger partial charge in [-0.2, -0.15) is 0 Å². The lowest BCUT2D eigenvalue weighted by atomic mass is 9.95. The number of rotatable bonds is 7. The minimum Gasteiger partial charge on any atom is -0.488 e. The summed E-state index contributed by atoms with van der Waals surface area (Å²) >= 11 is 0. The fraction of sp³-hybridized carbons (Fsp3) is 0.286. The summed E-state index contributed by atoms with van der Waals surface area (Å²) < 4.78 is 10.9. The van der Waals surface area contributed by atoms with E-state index in [0.717, 1.165) is 47.8 Å². The van der Waals surface area contributed by atoms with Gasteiger partial charge in [0.2, 0.25) is 0 Å². The summed E-state index contributed by atoms with van der Waals surface area (Å²) in [7, 11) is 1.36. The van der Waals surface area contributed by atoms with Crippen molar-refractivity contribution < 1.29 is 19.1 Å². The first-order valence-electron chi connectivity index (χ1n) is 11.4. The van der Waals surface area contributed by atoms with Crippen molar-refractivity contribution in [3.8, 4) is 5.75 Å². The molecular weight excluding hydrogens is 414 g/mol. The highest BCUT2D eigenvalue weighted by Gasteiger charge is 2.19. The summed E-state index contributed by atoms with van der Waals surface area (Å²) in [5.41, 5.74) is 1.83. The number of carbonyl (C=O) groups is 2. The van der Waals surface area contributed by atoms with Gasteiger partial charge in [-0.3, -0.25) is 4.79 Å². The van der Waals surface area contributed by atoms with Crippen LogP contribution in [0.5, 0.6) is 5.75 Å². The molecule has 0 saturated heterocycles. The van der Waals surface area contributed by atoms with Gasteiger partial charge < -0.3 is 14.8 Å². The third-order valence-corrected chi connectivity index (χ3v) is 6.04. The maximum Gasteiger partial charge on any atom is 0.337 e. The van der Waals surface area contributed by atoms with Crippen molar-refractivity contribution in [2.45, 2.75) is 38.1 Å². The van der Waals surface area contributed by atoms with Crippen molar-refractivity contribution in [2.24, 2.45) is 0 Å². The number of fused-ring (bicyclic) bond motifs is 1. The molecule has 1 aliphatic rings. The summed E-state index contributed by atoms with van der Waals surface area (Å²) in [6.45, 7) is 0.144. The minimum atomic E-state index is -0.389. The molecule has 170 valence electrons. The van der Waals surface area contributed by atoms with Crippen molar-refractivity contribution in [1.82, 2.24) is 5.32 Å². The van der Waals surface area contributed by atoms with Gasteiger partial charge in [-0.25, -0.2) is 4.79 Å². The van der Waals surface area contributed by atoms with Crippen LogP contribution < -0.4 is 10.1 Å². The number of ether oxygens (including phenoxy) is 2. The van der Waals surface area contributed by atoms with Crippen LogP contribution in [0.4, 0.5) is 0 Å². The summed E-state index contributed by atoms with van der Waals surface area (Å²) in [4.78, 5) is 24.9. The van der Waals surface area contributed by atoms with Crippen LogP contribution in [0, 0.1) is 0 Å². The van der Waals surface area contributed by atoms with E-state index in [1.54, 1.807) is 24.3 Å². The SMILES string of the molecule is COC(=O)c1ccc(C=C(COc2cccc3ccccc23)C(=O)NC2CCCCC2)cc1. The molecule has 33 heavy (non-hydrogen) atoms. The van der Waals surface area contributed by atoms with Crippen LogP contribution in [-0.2, 0) is 9.53 Å². The normalized spacial score (nSPS) is 14.6. The van der Waals surface area contributed by atoms with E-state index in [4.69, 9.17) is 9.47 Å². The molecule has 0 atom stereocenters. The molecule has 1 aliphatic carbocycles. The fourth-order valence-electron chi connectivity index (χ4n) is 4.21. The summed E-state index contributed by atoms with van der Waals surface area (Å²) in [6, 6.07) is 21.1. The molecule has 5 heteroatoms. The maximum atomic E-state index is 13.2. The highest BCUT2D eigenvalue weighted by Crippen LogP contribution is 2.26. The van der Waals surface area contributed by atoms with Gasteiger partial charge in [0.05, 0.1) is 18.2 Å². The Hall–Kier alpha value is -3.60. The van der Waals surface area contributed by atoms with Crippen molar-refractivity contribution in [2.75, 3.05) is 13.7 Å². The second-order valence-electron chi connectivity index (χ2n) is 8.36. The van der Waals surface area contributed by atoms with Crippen LogP contribution in [0.15, 0.2) is 72.3 Å². The van der Waals surface area contributed by atoms with E-state index >= 15 is 0 Å². The summed E-state index contributed by atoms with van der Waals surface area (Å²) in [5, 5.41) is 5.29. The highest BCUT2D eigenvalue weighted by atomic mass is 16.5. The van der Waals surface area contributed by atoms with Gasteiger partial charge in [0.25, 0.3) is 5.91 Å². The molecule has 1 fully saturated rings. The first-order valence-corrected chi connectivity index (χ1v) is 11.4. The molecule has 0 unspecified atom stereocenters. The van der Waals surface area contributed by atoms with E-state index in [0.29, 0.717) is 11.1 Å². The zero-order valence-electron chi connectivity index (χ0n) is 18.9. The largest absolute Gasteiger partial charge is 0.488 e. The number of nitrogens with one attached hydrogen (secondary N) is 1. The number of hydrogen-bond acceptors (Lipinski definition) is 4. The van der Waals surface area contributed by atoms with Gasteiger partial charge in [-0.05, 0) is 48.1 Å². The smallest absolute Gasteiger partial charge is 0.337 e. The third-order valence-electron chi connectivity index (χ3n) is 6.04. The number of benzene rings is 3. The zero-order chi connectivity index (χ0) is 23.0. The maximum absolute atomic E-state index is 13.2. The second-order valence-corrected chi connectivity index (χ2v) is 8.36. The molecule has 1 saturated carbocycles. The van der Waals surface area contributed by atoms with Crippen molar-refractivity contribution in [1.29, 1.82) is 0 Å². The lowest BCUT2D eigenvalue weighted by molar-refractivity contribution is -0.118. The van der Waals surface area contributed by atoms with Gasteiger partial charge in [0, 0.05) is 11.4 Å². The lowest BCUT2D eigenvalue weighted by Crippen LogP contribution is -2.38. The quantitative estimate of drug-likeness (QED) is 0.385. The Kier molecular flexibility index (Phi) is 7.40. The average Bonchev–Trinajstić information content (AvgIpc) is 2.87. The van der Waals surface area contributed by atoms with E-state index in [1.807, 2.05) is 48.5 Å². The number of esters is 1. The molecular formula is C28H29NO4. The molecule has 1 N–H and O–H groups in total. The highest BCUT2D eigenvalue weighted by molar-refractivity contribution is 5.98. The summed E-state index contributed by atoms with van der Waals surface area (Å²) in [5.74, 6) is 0.241. The molecule has 0 bridgehead atoms. The predicted molar refractivity (Wildman–Crippen MR) is 130 cm³/mol. The molecule has 1 amide bonds. The van der Waals surface area contributed by atoms with Gasteiger partial charge in [0.1, 0.15) is 12.4 Å². The van der Waals surface area contributed by atoms with E-state index in [-0.39, 0.29) is 24.5 Å². The topological polar surface area (TPSA) is 64.6 Å². The van der Waals surface area contributed by atoms with Crippen molar-refractivity contribution in [3.63, 3.8) is 0 Å². The predicted octanol–water partition coefficient (Wildman–Crippen LogP) is 5.54. The van der Waals surface area contributed by atoms with E-state index in [2.05, 4.69) is 5.32 Å². The Morgan fingerprint density at radius 3 is 2.42 bits per heavy atom. The van der Waals surface area contributed by atoms with E-state index in [9.17, 15) is 9.59 Å². The Morgan fingerprint density at radius 2 is 1.67 bits per heavy atom. The average molecular weight is 444 g/mol. The number of carbonyl (C=O) groups excluding carboxylic acids is 2. The molecule has 0 aliphatic heterocycles. The molecule has 0 radical (unpaired) electrons. The van der Waals surface area contributed by atoms with Crippen molar-refractivity contribution >= 4 is 28.7 Å². The lowest BCUT2D eigenvalue weighted by Gasteiger charge is -2.23. The van der Waals surface area contributed by atoms with Crippen LogP contribution in [0.3, 0.4) is 0 Å². The number of hydrogen-bond donors (Lipinski definition) is 1. The van der Waals surface area contributed by atoms with E-state index < -0.39 is 0 Å². The Bertz CT molecular complexity index is 1140.